The lowest BCUT2D eigenvalue weighted by atomic mass is 10.1. The second-order valence-corrected chi connectivity index (χ2v) is 6.18. The molecule has 0 saturated carbocycles. The molecule has 2 heterocycles. The molecule has 0 aliphatic carbocycles. The lowest BCUT2D eigenvalue weighted by Crippen LogP contribution is -2.24. The van der Waals surface area contributed by atoms with E-state index in [-0.39, 0.29) is 11.7 Å². The Labute approximate surface area is 155 Å². The van der Waals surface area contributed by atoms with Crippen molar-refractivity contribution in [3.8, 4) is 0 Å². The van der Waals surface area contributed by atoms with Crippen LogP contribution in [0.1, 0.15) is 23.0 Å². The predicted molar refractivity (Wildman–Crippen MR) is 102 cm³/mol. The van der Waals surface area contributed by atoms with Gasteiger partial charge in [0.1, 0.15) is 11.5 Å². The molecular formula is C21H18FN3O2. The van der Waals surface area contributed by atoms with Gasteiger partial charge in [-0.3, -0.25) is 9.63 Å². The maximum Gasteiger partial charge on any atom is 0.293 e. The van der Waals surface area contributed by atoms with Crippen LogP contribution < -0.4 is 5.48 Å². The highest BCUT2D eigenvalue weighted by atomic mass is 19.1. The van der Waals surface area contributed by atoms with Crippen LogP contribution in [0.4, 0.5) is 4.39 Å². The van der Waals surface area contributed by atoms with Crippen molar-refractivity contribution in [2.24, 2.45) is 0 Å². The number of halogens is 1. The number of aromatic nitrogens is 2. The summed E-state index contributed by atoms with van der Waals surface area (Å²) in [4.78, 5) is 21.4. The first-order valence-electron chi connectivity index (χ1n) is 8.71. The molecule has 4 aromatic rings. The normalized spacial score (nSPS) is 11.2. The molecule has 136 valence electrons. The highest BCUT2D eigenvalue weighted by Gasteiger charge is 2.15. The zero-order valence-corrected chi connectivity index (χ0v) is 14.8. The van der Waals surface area contributed by atoms with Crippen molar-refractivity contribution in [2.75, 3.05) is 6.61 Å². The molecule has 2 aromatic carbocycles. The molecule has 6 heteroatoms. The Morgan fingerprint density at radius 1 is 1.11 bits per heavy atom. The van der Waals surface area contributed by atoms with E-state index in [1.54, 1.807) is 31.3 Å². The summed E-state index contributed by atoms with van der Waals surface area (Å²) >= 11 is 0. The zero-order chi connectivity index (χ0) is 18.8. The summed E-state index contributed by atoms with van der Waals surface area (Å²) in [6, 6.07) is 16.2. The molecule has 0 spiro atoms. The van der Waals surface area contributed by atoms with E-state index < -0.39 is 0 Å². The van der Waals surface area contributed by atoms with Gasteiger partial charge in [0.15, 0.2) is 0 Å². The largest absolute Gasteiger partial charge is 0.335 e. The van der Waals surface area contributed by atoms with Crippen LogP contribution in [0.25, 0.3) is 21.8 Å². The number of fused-ring (bicyclic) bond motifs is 3. The monoisotopic (exact) mass is 363 g/mol. The molecule has 27 heavy (non-hydrogen) atoms. The average molecular weight is 363 g/mol. The van der Waals surface area contributed by atoms with Crippen LogP contribution in [0.3, 0.4) is 0 Å². The third kappa shape index (κ3) is 3.27. The standard InChI is InChI=1S/C21H18FN3O2/c1-2-27-24-21(26)18-11-17-16-5-3-4-6-19(16)25(20(17)12-23-18)13-14-7-9-15(22)10-8-14/h3-12H,2,13H2,1H3,(H,24,26). The van der Waals surface area contributed by atoms with Gasteiger partial charge in [-0.2, -0.15) is 0 Å². The summed E-state index contributed by atoms with van der Waals surface area (Å²) in [6.07, 6.45) is 1.69. The molecule has 0 atom stereocenters. The van der Waals surface area contributed by atoms with Crippen LogP contribution in [0.2, 0.25) is 0 Å². The number of carbonyl (C=O) groups excluding carboxylic acids is 1. The van der Waals surface area contributed by atoms with E-state index in [9.17, 15) is 9.18 Å². The number of hydroxylamine groups is 1. The SMILES string of the molecule is CCONC(=O)c1cc2c3ccccc3n(Cc3ccc(F)cc3)c2cn1. The van der Waals surface area contributed by atoms with Crippen LogP contribution in [-0.2, 0) is 11.4 Å². The Hall–Kier alpha value is -3.25. The number of rotatable bonds is 5. The number of benzene rings is 2. The smallest absolute Gasteiger partial charge is 0.293 e. The van der Waals surface area contributed by atoms with Crippen molar-refractivity contribution in [2.45, 2.75) is 13.5 Å². The van der Waals surface area contributed by atoms with E-state index in [4.69, 9.17) is 4.84 Å². The molecule has 1 amide bonds. The average Bonchev–Trinajstić information content (AvgIpc) is 3.01. The Morgan fingerprint density at radius 2 is 1.89 bits per heavy atom. The minimum absolute atomic E-state index is 0.257. The van der Waals surface area contributed by atoms with E-state index in [2.05, 4.69) is 15.0 Å². The molecule has 0 unspecified atom stereocenters. The number of amides is 1. The Bertz CT molecular complexity index is 1120. The summed E-state index contributed by atoms with van der Waals surface area (Å²) in [5.41, 5.74) is 5.58. The first-order valence-corrected chi connectivity index (χ1v) is 8.71. The van der Waals surface area contributed by atoms with Gasteiger partial charge in [0, 0.05) is 22.8 Å². The number of hydrogen-bond donors (Lipinski definition) is 1. The molecular weight excluding hydrogens is 345 g/mol. The third-order valence-corrected chi connectivity index (χ3v) is 4.45. The minimum atomic E-state index is -0.380. The van der Waals surface area contributed by atoms with Crippen molar-refractivity contribution in [3.05, 3.63) is 77.9 Å². The van der Waals surface area contributed by atoms with Crippen molar-refractivity contribution in [1.29, 1.82) is 0 Å². The maximum atomic E-state index is 13.2. The molecule has 2 aromatic heterocycles. The minimum Gasteiger partial charge on any atom is -0.335 e. The molecule has 0 aliphatic heterocycles. The quantitative estimate of drug-likeness (QED) is 0.544. The summed E-state index contributed by atoms with van der Waals surface area (Å²) < 4.78 is 15.3. The van der Waals surface area contributed by atoms with Gasteiger partial charge in [0.2, 0.25) is 0 Å². The van der Waals surface area contributed by atoms with Gasteiger partial charge in [-0.1, -0.05) is 30.3 Å². The molecule has 0 saturated heterocycles. The summed E-state index contributed by atoms with van der Waals surface area (Å²) in [5, 5.41) is 1.96. The molecule has 0 fully saturated rings. The van der Waals surface area contributed by atoms with Crippen molar-refractivity contribution >= 4 is 27.7 Å². The van der Waals surface area contributed by atoms with Crippen LogP contribution in [-0.4, -0.2) is 22.1 Å². The topological polar surface area (TPSA) is 56.1 Å². The third-order valence-electron chi connectivity index (χ3n) is 4.45. The molecule has 5 nitrogen and oxygen atoms in total. The number of carbonyl (C=O) groups is 1. The first-order chi connectivity index (χ1) is 13.2. The van der Waals surface area contributed by atoms with Gasteiger partial charge in [-0.15, -0.1) is 0 Å². The maximum absolute atomic E-state index is 13.2. The van der Waals surface area contributed by atoms with Gasteiger partial charge in [0.25, 0.3) is 5.91 Å². The van der Waals surface area contributed by atoms with E-state index in [1.165, 1.54) is 12.1 Å². The summed E-state index contributed by atoms with van der Waals surface area (Å²) in [6.45, 7) is 2.75. The van der Waals surface area contributed by atoms with Gasteiger partial charge >= 0.3 is 0 Å². The summed E-state index contributed by atoms with van der Waals surface area (Å²) in [5.74, 6) is -0.637. The molecule has 0 aliphatic rings. The molecule has 4 rings (SSSR count). The van der Waals surface area contributed by atoms with E-state index >= 15 is 0 Å². The summed E-state index contributed by atoms with van der Waals surface area (Å²) in [7, 11) is 0. The number of nitrogens with one attached hydrogen (secondary N) is 1. The van der Waals surface area contributed by atoms with Gasteiger partial charge in [-0.25, -0.2) is 14.9 Å². The Kier molecular flexibility index (Phi) is 4.56. The second kappa shape index (κ2) is 7.17. The number of nitrogens with zero attached hydrogens (tertiary/aromatic N) is 2. The lowest BCUT2D eigenvalue weighted by molar-refractivity contribution is 0.0360. The number of hydrogen-bond acceptors (Lipinski definition) is 3. The Balaban J connectivity index is 1.82. The van der Waals surface area contributed by atoms with Crippen molar-refractivity contribution in [3.63, 3.8) is 0 Å². The van der Waals surface area contributed by atoms with E-state index in [0.29, 0.717) is 18.8 Å². The fourth-order valence-corrected chi connectivity index (χ4v) is 3.20. The molecule has 0 bridgehead atoms. The fraction of sp³-hybridized carbons (Fsp3) is 0.143. The zero-order valence-electron chi connectivity index (χ0n) is 14.8. The number of pyridine rings is 1. The van der Waals surface area contributed by atoms with E-state index in [0.717, 1.165) is 27.4 Å². The molecule has 1 N–H and O–H groups in total. The van der Waals surface area contributed by atoms with Crippen LogP contribution in [0, 0.1) is 5.82 Å². The predicted octanol–water partition coefficient (Wildman–Crippen LogP) is 4.06. The number of para-hydroxylation sites is 1. The van der Waals surface area contributed by atoms with Gasteiger partial charge < -0.3 is 4.57 Å². The fourth-order valence-electron chi connectivity index (χ4n) is 3.20. The van der Waals surface area contributed by atoms with Crippen molar-refractivity contribution < 1.29 is 14.0 Å². The van der Waals surface area contributed by atoms with Crippen molar-refractivity contribution in [1.82, 2.24) is 15.0 Å². The lowest BCUT2D eigenvalue weighted by Gasteiger charge is -2.08. The highest BCUT2D eigenvalue weighted by molar-refractivity contribution is 6.09. The Morgan fingerprint density at radius 3 is 2.67 bits per heavy atom. The second-order valence-electron chi connectivity index (χ2n) is 6.18. The highest BCUT2D eigenvalue weighted by Crippen LogP contribution is 2.29. The van der Waals surface area contributed by atoms with Crippen LogP contribution in [0.15, 0.2) is 60.8 Å². The first kappa shape index (κ1) is 17.2. The van der Waals surface area contributed by atoms with Gasteiger partial charge in [0.05, 0.1) is 18.3 Å². The van der Waals surface area contributed by atoms with Gasteiger partial charge in [-0.05, 0) is 36.8 Å². The van der Waals surface area contributed by atoms with Crippen LogP contribution >= 0.6 is 0 Å². The van der Waals surface area contributed by atoms with Crippen LogP contribution in [0.5, 0.6) is 0 Å². The molecule has 0 radical (unpaired) electrons. The van der Waals surface area contributed by atoms with E-state index in [1.807, 2.05) is 24.3 Å².